The van der Waals surface area contributed by atoms with Gasteiger partial charge in [0.05, 0.1) is 5.41 Å². The van der Waals surface area contributed by atoms with Crippen molar-refractivity contribution in [2.75, 3.05) is 32.8 Å². The summed E-state index contributed by atoms with van der Waals surface area (Å²) in [6, 6.07) is 16.9. The molecule has 2 heterocycles. The van der Waals surface area contributed by atoms with Crippen LogP contribution in [0.2, 0.25) is 5.02 Å². The Balaban J connectivity index is 1.58. The Morgan fingerprint density at radius 1 is 1.03 bits per heavy atom. The maximum atomic E-state index is 14.0. The molecule has 1 atom stereocenters. The molecule has 2 N–H and O–H groups in total. The summed E-state index contributed by atoms with van der Waals surface area (Å²) < 4.78 is 5.57. The van der Waals surface area contributed by atoms with Gasteiger partial charge >= 0.3 is 0 Å². The largest absolute Gasteiger partial charge is 0.381 e. The number of benzene rings is 2. The highest BCUT2D eigenvalue weighted by Crippen LogP contribution is 2.38. The highest BCUT2D eigenvalue weighted by atomic mass is 35.5. The van der Waals surface area contributed by atoms with E-state index < -0.39 is 17.4 Å². The molecule has 6 nitrogen and oxygen atoms in total. The van der Waals surface area contributed by atoms with E-state index in [0.29, 0.717) is 50.7 Å². The fourth-order valence-electron chi connectivity index (χ4n) is 4.70. The zero-order valence-electron chi connectivity index (χ0n) is 17.5. The van der Waals surface area contributed by atoms with Gasteiger partial charge in [-0.2, -0.15) is 0 Å². The van der Waals surface area contributed by atoms with Crippen molar-refractivity contribution in [1.29, 1.82) is 0 Å². The Labute approximate surface area is 187 Å². The van der Waals surface area contributed by atoms with Gasteiger partial charge in [0.15, 0.2) is 0 Å². The van der Waals surface area contributed by atoms with Crippen LogP contribution in [0.25, 0.3) is 0 Å². The second-order valence-electron chi connectivity index (χ2n) is 8.34. The van der Waals surface area contributed by atoms with E-state index in [2.05, 4.69) is 17.0 Å². The minimum absolute atomic E-state index is 0.0405. The Hall–Kier alpha value is -2.41. The maximum Gasteiger partial charge on any atom is 0.241 e. The molecule has 1 unspecified atom stereocenters. The standard InChI is InChI=1S/C24H28ClN3O3/c25-20-8-6-19(7-9-20)24(10-14-31-15-11-24)23(30)28-13-12-27(17-21(28)22(26)29)16-18-4-2-1-3-5-18/h1-9,21H,10-17H2,(H2,26,29). The number of amides is 2. The van der Waals surface area contributed by atoms with E-state index in [1.807, 2.05) is 42.5 Å². The van der Waals surface area contributed by atoms with E-state index in [0.717, 1.165) is 12.1 Å². The summed E-state index contributed by atoms with van der Waals surface area (Å²) in [5, 5.41) is 0.628. The van der Waals surface area contributed by atoms with Gasteiger partial charge < -0.3 is 15.4 Å². The molecular formula is C24H28ClN3O3. The number of halogens is 1. The van der Waals surface area contributed by atoms with E-state index in [1.54, 1.807) is 4.90 Å². The second kappa shape index (κ2) is 9.39. The fraction of sp³-hybridized carbons (Fsp3) is 0.417. The van der Waals surface area contributed by atoms with Crippen LogP contribution in [0.4, 0.5) is 0 Å². The second-order valence-corrected chi connectivity index (χ2v) is 8.78. The van der Waals surface area contributed by atoms with E-state index in [-0.39, 0.29) is 5.91 Å². The first-order valence-electron chi connectivity index (χ1n) is 10.7. The van der Waals surface area contributed by atoms with E-state index in [1.165, 1.54) is 5.56 Å². The first-order chi connectivity index (χ1) is 15.0. The Morgan fingerprint density at radius 2 is 1.71 bits per heavy atom. The number of piperazine rings is 1. The molecule has 0 bridgehead atoms. The Morgan fingerprint density at radius 3 is 2.35 bits per heavy atom. The van der Waals surface area contributed by atoms with Crippen LogP contribution >= 0.6 is 11.6 Å². The minimum Gasteiger partial charge on any atom is -0.381 e. The zero-order chi connectivity index (χ0) is 21.8. The summed E-state index contributed by atoms with van der Waals surface area (Å²) in [5.74, 6) is -0.509. The molecule has 2 aliphatic heterocycles. The van der Waals surface area contributed by atoms with Crippen molar-refractivity contribution < 1.29 is 14.3 Å². The fourth-order valence-corrected chi connectivity index (χ4v) is 4.83. The van der Waals surface area contributed by atoms with Crippen molar-refractivity contribution in [3.63, 3.8) is 0 Å². The Bertz CT molecular complexity index is 913. The molecule has 2 amide bonds. The molecule has 2 fully saturated rings. The van der Waals surface area contributed by atoms with Crippen LogP contribution in [0, 0.1) is 0 Å². The average Bonchev–Trinajstić information content (AvgIpc) is 2.80. The predicted molar refractivity (Wildman–Crippen MR) is 120 cm³/mol. The van der Waals surface area contributed by atoms with Gasteiger partial charge in [-0.05, 0) is 36.1 Å². The topological polar surface area (TPSA) is 75.9 Å². The molecule has 2 aliphatic rings. The number of primary amides is 1. The third kappa shape index (κ3) is 4.61. The number of hydrogen-bond acceptors (Lipinski definition) is 4. The Kier molecular flexibility index (Phi) is 6.60. The molecule has 0 aliphatic carbocycles. The van der Waals surface area contributed by atoms with Crippen LogP contribution in [0.1, 0.15) is 24.0 Å². The summed E-state index contributed by atoms with van der Waals surface area (Å²) in [6.07, 6.45) is 1.15. The first kappa shape index (κ1) is 21.8. The van der Waals surface area contributed by atoms with Crippen LogP contribution in [0.3, 0.4) is 0 Å². The summed E-state index contributed by atoms with van der Waals surface area (Å²) in [7, 11) is 0. The van der Waals surface area contributed by atoms with Gasteiger partial charge in [-0.1, -0.05) is 54.1 Å². The molecule has 164 valence electrons. The monoisotopic (exact) mass is 441 g/mol. The first-order valence-corrected chi connectivity index (χ1v) is 11.1. The van der Waals surface area contributed by atoms with Crippen molar-refractivity contribution in [2.45, 2.75) is 30.8 Å². The quantitative estimate of drug-likeness (QED) is 0.773. The predicted octanol–water partition coefficient (Wildman–Crippen LogP) is 2.59. The number of carbonyl (C=O) groups is 2. The molecule has 0 spiro atoms. The number of nitrogens with zero attached hydrogens (tertiary/aromatic N) is 2. The molecule has 0 saturated carbocycles. The minimum atomic E-state index is -0.724. The molecule has 0 aromatic heterocycles. The lowest BCUT2D eigenvalue weighted by Crippen LogP contribution is -2.63. The average molecular weight is 442 g/mol. The summed E-state index contributed by atoms with van der Waals surface area (Å²) in [6.45, 7) is 3.33. The van der Waals surface area contributed by atoms with Crippen LogP contribution in [-0.2, 0) is 26.3 Å². The van der Waals surface area contributed by atoms with Gasteiger partial charge in [0.1, 0.15) is 6.04 Å². The lowest BCUT2D eigenvalue weighted by atomic mass is 9.72. The third-order valence-electron chi connectivity index (χ3n) is 6.46. The van der Waals surface area contributed by atoms with Crippen LogP contribution < -0.4 is 5.73 Å². The van der Waals surface area contributed by atoms with Crippen LogP contribution in [0.15, 0.2) is 54.6 Å². The number of carbonyl (C=O) groups excluding carboxylic acids is 2. The lowest BCUT2D eigenvalue weighted by Gasteiger charge is -2.46. The molecule has 0 radical (unpaired) electrons. The van der Waals surface area contributed by atoms with Crippen molar-refractivity contribution in [3.8, 4) is 0 Å². The third-order valence-corrected chi connectivity index (χ3v) is 6.71. The van der Waals surface area contributed by atoms with Gasteiger partial charge in [0.25, 0.3) is 0 Å². The lowest BCUT2D eigenvalue weighted by molar-refractivity contribution is -0.151. The molecular weight excluding hydrogens is 414 g/mol. The summed E-state index contributed by atoms with van der Waals surface area (Å²) in [5.41, 5.74) is 7.15. The van der Waals surface area contributed by atoms with Crippen LogP contribution in [0.5, 0.6) is 0 Å². The highest BCUT2D eigenvalue weighted by molar-refractivity contribution is 6.30. The molecule has 2 saturated heterocycles. The van der Waals surface area contributed by atoms with Gasteiger partial charge in [-0.25, -0.2) is 0 Å². The zero-order valence-corrected chi connectivity index (χ0v) is 18.3. The number of ether oxygens (including phenoxy) is 1. The highest BCUT2D eigenvalue weighted by Gasteiger charge is 2.47. The number of rotatable bonds is 5. The maximum absolute atomic E-state index is 14.0. The van der Waals surface area contributed by atoms with Crippen molar-refractivity contribution >= 4 is 23.4 Å². The number of hydrogen-bond donors (Lipinski definition) is 1. The molecule has 2 aromatic rings. The SMILES string of the molecule is NC(=O)C1CN(Cc2ccccc2)CCN1C(=O)C1(c2ccc(Cl)cc2)CCOCC1. The van der Waals surface area contributed by atoms with Crippen molar-refractivity contribution in [1.82, 2.24) is 9.80 Å². The van der Waals surface area contributed by atoms with E-state index in [9.17, 15) is 9.59 Å². The van der Waals surface area contributed by atoms with Gasteiger partial charge in [-0.15, -0.1) is 0 Å². The van der Waals surface area contributed by atoms with E-state index >= 15 is 0 Å². The number of nitrogens with two attached hydrogens (primary N) is 1. The van der Waals surface area contributed by atoms with E-state index in [4.69, 9.17) is 22.1 Å². The van der Waals surface area contributed by atoms with Gasteiger partial charge in [-0.3, -0.25) is 14.5 Å². The van der Waals surface area contributed by atoms with Crippen molar-refractivity contribution in [2.24, 2.45) is 5.73 Å². The van der Waals surface area contributed by atoms with Gasteiger partial charge in [0, 0.05) is 44.4 Å². The van der Waals surface area contributed by atoms with Crippen molar-refractivity contribution in [3.05, 3.63) is 70.7 Å². The smallest absolute Gasteiger partial charge is 0.241 e. The molecule has 2 aromatic carbocycles. The summed E-state index contributed by atoms with van der Waals surface area (Å²) >= 11 is 6.08. The van der Waals surface area contributed by atoms with Gasteiger partial charge in [0.2, 0.25) is 11.8 Å². The summed E-state index contributed by atoms with van der Waals surface area (Å²) in [4.78, 5) is 30.2. The van der Waals surface area contributed by atoms with Crippen LogP contribution in [-0.4, -0.2) is 60.5 Å². The molecule has 7 heteroatoms. The molecule has 31 heavy (non-hydrogen) atoms. The molecule has 4 rings (SSSR count). The normalized spacial score (nSPS) is 21.6.